The molecule has 1 amide bonds. The zero-order valence-electron chi connectivity index (χ0n) is 13.6. The van der Waals surface area contributed by atoms with E-state index in [1.165, 1.54) is 24.3 Å². The normalized spacial score (nSPS) is 12.5. The molecule has 1 N–H and O–H groups in total. The quantitative estimate of drug-likeness (QED) is 0.752. The fourth-order valence-corrected chi connectivity index (χ4v) is 2.57. The fourth-order valence-electron chi connectivity index (χ4n) is 2.57. The molecule has 0 saturated carbocycles. The van der Waals surface area contributed by atoms with E-state index in [0.29, 0.717) is 29.4 Å². The molecule has 3 aromatic rings. The molecule has 0 aliphatic carbocycles. The summed E-state index contributed by atoms with van der Waals surface area (Å²) in [5.41, 5.74) is 1.86. The van der Waals surface area contributed by atoms with Crippen molar-refractivity contribution in [2.24, 2.45) is 5.92 Å². The third kappa shape index (κ3) is 3.62. The van der Waals surface area contributed by atoms with Crippen molar-refractivity contribution in [3.8, 4) is 0 Å². The second-order valence-corrected chi connectivity index (χ2v) is 6.18. The number of carbonyl (C=O) groups excluding carboxylic acids is 1. The molecule has 24 heavy (non-hydrogen) atoms. The number of para-hydroxylation sites is 2. The van der Waals surface area contributed by atoms with Gasteiger partial charge in [-0.3, -0.25) is 4.79 Å². The van der Waals surface area contributed by atoms with Crippen LogP contribution in [0.25, 0.3) is 11.1 Å². The number of carbonyl (C=O) groups is 1. The molecule has 0 fully saturated rings. The Labute approximate surface area is 139 Å². The SMILES string of the molecule is CC(C)C[C@H](NC(=O)c1ccc(F)cc1)c1nc2ccccc2o1. The van der Waals surface area contributed by atoms with E-state index in [9.17, 15) is 9.18 Å². The number of hydrogen-bond acceptors (Lipinski definition) is 3. The summed E-state index contributed by atoms with van der Waals surface area (Å²) in [4.78, 5) is 16.9. The number of benzene rings is 2. The summed E-state index contributed by atoms with van der Waals surface area (Å²) in [6, 6.07) is 12.6. The number of oxazole rings is 1. The van der Waals surface area contributed by atoms with Crippen LogP contribution in [0.3, 0.4) is 0 Å². The Morgan fingerprint density at radius 2 is 1.88 bits per heavy atom. The first-order valence-corrected chi connectivity index (χ1v) is 7.95. The van der Waals surface area contributed by atoms with Crippen molar-refractivity contribution in [2.45, 2.75) is 26.3 Å². The first-order chi connectivity index (χ1) is 11.5. The van der Waals surface area contributed by atoms with E-state index in [1.807, 2.05) is 24.3 Å². The summed E-state index contributed by atoms with van der Waals surface area (Å²) >= 11 is 0. The van der Waals surface area contributed by atoms with Gasteiger partial charge in [0.15, 0.2) is 5.58 Å². The molecule has 124 valence electrons. The average molecular weight is 326 g/mol. The lowest BCUT2D eigenvalue weighted by Gasteiger charge is -2.17. The van der Waals surface area contributed by atoms with Crippen LogP contribution in [0, 0.1) is 11.7 Å². The summed E-state index contributed by atoms with van der Waals surface area (Å²) in [6.45, 7) is 4.14. The van der Waals surface area contributed by atoms with E-state index in [1.54, 1.807) is 0 Å². The van der Waals surface area contributed by atoms with Crippen LogP contribution in [-0.4, -0.2) is 10.9 Å². The van der Waals surface area contributed by atoms with Gasteiger partial charge in [0.1, 0.15) is 17.4 Å². The Kier molecular flexibility index (Phi) is 4.60. The Balaban J connectivity index is 1.85. The molecule has 1 aromatic heterocycles. The van der Waals surface area contributed by atoms with Crippen molar-refractivity contribution in [1.82, 2.24) is 10.3 Å². The van der Waals surface area contributed by atoms with Crippen LogP contribution in [0.4, 0.5) is 4.39 Å². The highest BCUT2D eigenvalue weighted by Crippen LogP contribution is 2.25. The van der Waals surface area contributed by atoms with Crippen LogP contribution >= 0.6 is 0 Å². The highest BCUT2D eigenvalue weighted by molar-refractivity contribution is 5.94. The number of halogens is 1. The maximum absolute atomic E-state index is 13.0. The van der Waals surface area contributed by atoms with Crippen molar-refractivity contribution in [1.29, 1.82) is 0 Å². The summed E-state index contributed by atoms with van der Waals surface area (Å²) in [5.74, 6) is 0.186. The second kappa shape index (κ2) is 6.83. The molecule has 1 heterocycles. The van der Waals surface area contributed by atoms with Gasteiger partial charge in [-0.2, -0.15) is 0 Å². The van der Waals surface area contributed by atoms with Gasteiger partial charge in [0.05, 0.1) is 0 Å². The minimum absolute atomic E-state index is 0.275. The van der Waals surface area contributed by atoms with Crippen LogP contribution in [0.1, 0.15) is 42.6 Å². The van der Waals surface area contributed by atoms with Gasteiger partial charge in [-0.05, 0) is 48.7 Å². The highest BCUT2D eigenvalue weighted by Gasteiger charge is 2.22. The number of nitrogens with one attached hydrogen (secondary N) is 1. The van der Waals surface area contributed by atoms with Gasteiger partial charge >= 0.3 is 0 Å². The molecule has 0 saturated heterocycles. The topological polar surface area (TPSA) is 55.1 Å². The monoisotopic (exact) mass is 326 g/mol. The molecular weight excluding hydrogens is 307 g/mol. The number of aromatic nitrogens is 1. The molecule has 0 aliphatic heterocycles. The Morgan fingerprint density at radius 3 is 2.54 bits per heavy atom. The maximum atomic E-state index is 13.0. The zero-order valence-corrected chi connectivity index (χ0v) is 13.6. The van der Waals surface area contributed by atoms with E-state index < -0.39 is 0 Å². The first-order valence-electron chi connectivity index (χ1n) is 7.95. The standard InChI is InChI=1S/C19H19FN2O2/c1-12(2)11-16(19-22-15-5-3-4-6-17(15)24-19)21-18(23)13-7-9-14(20)10-8-13/h3-10,12,16H,11H2,1-2H3,(H,21,23)/t16-/m0/s1. The van der Waals surface area contributed by atoms with Crippen LogP contribution in [0.5, 0.6) is 0 Å². The van der Waals surface area contributed by atoms with Crippen molar-refractivity contribution in [3.63, 3.8) is 0 Å². The number of fused-ring (bicyclic) bond motifs is 1. The zero-order chi connectivity index (χ0) is 17.1. The van der Waals surface area contributed by atoms with Crippen LogP contribution in [0.15, 0.2) is 52.9 Å². The third-order valence-corrected chi connectivity index (χ3v) is 3.73. The molecule has 5 heteroatoms. The Morgan fingerprint density at radius 1 is 1.17 bits per heavy atom. The van der Waals surface area contributed by atoms with E-state index in [4.69, 9.17) is 4.42 Å². The molecule has 1 atom stereocenters. The highest BCUT2D eigenvalue weighted by atomic mass is 19.1. The molecule has 0 radical (unpaired) electrons. The molecule has 2 aromatic carbocycles. The molecular formula is C19H19FN2O2. The summed E-state index contributed by atoms with van der Waals surface area (Å²) in [6.07, 6.45) is 0.694. The van der Waals surface area contributed by atoms with Crippen LogP contribution in [0.2, 0.25) is 0 Å². The third-order valence-electron chi connectivity index (χ3n) is 3.73. The summed E-state index contributed by atoms with van der Waals surface area (Å²) in [5, 5.41) is 2.94. The number of rotatable bonds is 5. The largest absolute Gasteiger partial charge is 0.438 e. The molecule has 0 aliphatic rings. The van der Waals surface area contributed by atoms with Crippen LogP contribution in [-0.2, 0) is 0 Å². The molecule has 0 spiro atoms. The van der Waals surface area contributed by atoms with Gasteiger partial charge < -0.3 is 9.73 Å². The predicted octanol–water partition coefficient (Wildman–Crippen LogP) is 4.48. The van der Waals surface area contributed by atoms with E-state index in [2.05, 4.69) is 24.1 Å². The van der Waals surface area contributed by atoms with Crippen LogP contribution < -0.4 is 5.32 Å². The van der Waals surface area contributed by atoms with Crippen molar-refractivity contribution < 1.29 is 13.6 Å². The average Bonchev–Trinajstić information content (AvgIpc) is 2.98. The molecule has 0 bridgehead atoms. The lowest BCUT2D eigenvalue weighted by Crippen LogP contribution is -2.29. The van der Waals surface area contributed by atoms with Gasteiger partial charge in [0, 0.05) is 5.56 Å². The van der Waals surface area contributed by atoms with Gasteiger partial charge in [-0.15, -0.1) is 0 Å². The lowest BCUT2D eigenvalue weighted by molar-refractivity contribution is 0.0925. The number of nitrogens with zero attached hydrogens (tertiary/aromatic N) is 1. The summed E-state index contributed by atoms with van der Waals surface area (Å²) in [7, 11) is 0. The minimum atomic E-state index is -0.371. The molecule has 0 unspecified atom stereocenters. The van der Waals surface area contributed by atoms with Gasteiger partial charge in [0.25, 0.3) is 5.91 Å². The van der Waals surface area contributed by atoms with E-state index in [-0.39, 0.29) is 17.8 Å². The maximum Gasteiger partial charge on any atom is 0.251 e. The van der Waals surface area contributed by atoms with Gasteiger partial charge in [-0.1, -0.05) is 26.0 Å². The molecule has 4 nitrogen and oxygen atoms in total. The van der Waals surface area contributed by atoms with Crippen molar-refractivity contribution in [3.05, 3.63) is 65.8 Å². The second-order valence-electron chi connectivity index (χ2n) is 6.18. The predicted molar refractivity (Wildman–Crippen MR) is 90.1 cm³/mol. The summed E-state index contributed by atoms with van der Waals surface area (Å²) < 4.78 is 18.8. The first kappa shape index (κ1) is 16.2. The van der Waals surface area contributed by atoms with Crippen molar-refractivity contribution >= 4 is 17.0 Å². The lowest BCUT2D eigenvalue weighted by atomic mass is 10.0. The van der Waals surface area contributed by atoms with Crippen molar-refractivity contribution in [2.75, 3.05) is 0 Å². The van der Waals surface area contributed by atoms with E-state index in [0.717, 1.165) is 5.52 Å². The minimum Gasteiger partial charge on any atom is -0.438 e. The Hall–Kier alpha value is -2.69. The Bertz CT molecular complexity index is 807. The number of amides is 1. The van der Waals surface area contributed by atoms with E-state index >= 15 is 0 Å². The smallest absolute Gasteiger partial charge is 0.251 e. The van der Waals surface area contributed by atoms with Gasteiger partial charge in [-0.25, -0.2) is 9.37 Å². The fraction of sp³-hybridized carbons (Fsp3) is 0.263. The number of hydrogen-bond donors (Lipinski definition) is 1. The molecule has 3 rings (SSSR count). The van der Waals surface area contributed by atoms with Gasteiger partial charge in [0.2, 0.25) is 5.89 Å².